The first kappa shape index (κ1) is 22.4. The zero-order valence-electron chi connectivity index (χ0n) is 14.6. The van der Waals surface area contributed by atoms with Crippen LogP contribution in [-0.2, 0) is 19.1 Å². The van der Waals surface area contributed by atoms with Gasteiger partial charge >= 0.3 is 11.9 Å². The molecule has 0 aromatic heterocycles. The maximum atomic E-state index is 12.2. The smallest absolute Gasteiger partial charge is 0.341 e. The molecule has 0 fully saturated rings. The third-order valence-electron chi connectivity index (χ3n) is 3.03. The molecule has 26 heavy (non-hydrogen) atoms. The zero-order chi connectivity index (χ0) is 20.0. The molecule has 0 saturated carbocycles. The van der Waals surface area contributed by atoms with Gasteiger partial charge in [-0.05, 0) is 33.8 Å². The Morgan fingerprint density at radius 3 is 2.31 bits per heavy atom. The van der Waals surface area contributed by atoms with Gasteiger partial charge in [0.15, 0.2) is 5.92 Å². The minimum atomic E-state index is -1.20. The van der Waals surface area contributed by atoms with Crippen LogP contribution >= 0.6 is 34.8 Å². The number of carbonyl (C=O) groups excluding carboxylic acids is 3. The summed E-state index contributed by atoms with van der Waals surface area (Å²) in [4.78, 5) is 39.7. The van der Waals surface area contributed by atoms with Gasteiger partial charge in [0.05, 0.1) is 33.5 Å². The van der Waals surface area contributed by atoms with E-state index in [1.54, 1.807) is 20.8 Å². The predicted octanol–water partition coefficient (Wildman–Crippen LogP) is 4.68. The molecule has 142 valence electrons. The largest absolute Gasteiger partial charge is 0.465 e. The minimum Gasteiger partial charge on any atom is -0.465 e. The average molecular weight is 423 g/mol. The SMILES string of the molecule is CCOC(=O)C(C=Nc1cc(Cl)c(Cl)c(C(=O)OC(C)C)c1Cl)C(C)=O. The maximum absolute atomic E-state index is 12.2. The first-order valence-electron chi connectivity index (χ1n) is 7.69. The minimum absolute atomic E-state index is 0.0226. The number of hydrogen-bond acceptors (Lipinski definition) is 6. The van der Waals surface area contributed by atoms with Crippen LogP contribution in [0.4, 0.5) is 5.69 Å². The Labute approximate surface area is 166 Å². The van der Waals surface area contributed by atoms with Gasteiger partial charge < -0.3 is 9.47 Å². The van der Waals surface area contributed by atoms with Crippen LogP contribution in [0.25, 0.3) is 0 Å². The predicted molar refractivity (Wildman–Crippen MR) is 101 cm³/mol. The standard InChI is InChI=1S/C17H18Cl3NO5/c1-5-25-16(23)10(9(4)22)7-21-12-6-11(18)14(19)13(15(12)20)17(24)26-8(2)3/h6-8,10H,5H2,1-4H3. The third-order valence-corrected chi connectivity index (χ3v) is 4.20. The fourth-order valence-electron chi connectivity index (χ4n) is 1.86. The van der Waals surface area contributed by atoms with E-state index in [1.165, 1.54) is 13.0 Å². The molecular weight excluding hydrogens is 405 g/mol. The Morgan fingerprint density at radius 2 is 1.81 bits per heavy atom. The number of esters is 2. The van der Waals surface area contributed by atoms with E-state index in [-0.39, 0.29) is 32.9 Å². The molecule has 0 saturated heterocycles. The summed E-state index contributed by atoms with van der Waals surface area (Å²) in [6.45, 7) is 6.31. The molecule has 1 unspecified atom stereocenters. The number of Topliss-reactive ketones (excluding diaryl/α,β-unsaturated/α-hetero) is 1. The lowest BCUT2D eigenvalue weighted by Gasteiger charge is -2.13. The van der Waals surface area contributed by atoms with E-state index >= 15 is 0 Å². The van der Waals surface area contributed by atoms with Crippen LogP contribution in [0.2, 0.25) is 15.1 Å². The fourth-order valence-corrected chi connectivity index (χ4v) is 2.60. The molecule has 0 aliphatic carbocycles. The topological polar surface area (TPSA) is 82.0 Å². The summed E-state index contributed by atoms with van der Waals surface area (Å²) in [7, 11) is 0. The van der Waals surface area contributed by atoms with Gasteiger partial charge in [-0.3, -0.25) is 14.6 Å². The lowest BCUT2D eigenvalue weighted by Crippen LogP contribution is -2.25. The number of benzene rings is 1. The van der Waals surface area contributed by atoms with Crippen molar-refractivity contribution in [3.63, 3.8) is 0 Å². The van der Waals surface area contributed by atoms with Crippen molar-refractivity contribution in [2.24, 2.45) is 10.9 Å². The quantitative estimate of drug-likeness (QED) is 0.276. The van der Waals surface area contributed by atoms with Crippen LogP contribution in [0.3, 0.4) is 0 Å². The van der Waals surface area contributed by atoms with Crippen molar-refractivity contribution < 1.29 is 23.9 Å². The van der Waals surface area contributed by atoms with E-state index in [0.29, 0.717) is 0 Å². The van der Waals surface area contributed by atoms with Crippen LogP contribution in [0.1, 0.15) is 38.1 Å². The number of nitrogens with zero attached hydrogens (tertiary/aromatic N) is 1. The lowest BCUT2D eigenvalue weighted by atomic mass is 10.1. The number of hydrogen-bond donors (Lipinski definition) is 0. The Morgan fingerprint density at radius 1 is 1.19 bits per heavy atom. The molecule has 0 amide bonds. The van der Waals surface area contributed by atoms with Gasteiger partial charge in [-0.15, -0.1) is 0 Å². The van der Waals surface area contributed by atoms with Gasteiger partial charge in [-0.2, -0.15) is 0 Å². The lowest BCUT2D eigenvalue weighted by molar-refractivity contribution is -0.148. The van der Waals surface area contributed by atoms with E-state index in [1.807, 2.05) is 0 Å². The van der Waals surface area contributed by atoms with Crippen molar-refractivity contribution in [2.45, 2.75) is 33.8 Å². The summed E-state index contributed by atoms with van der Waals surface area (Å²) in [5.41, 5.74) is -0.0792. The number of aliphatic imine (C=N–C) groups is 1. The monoisotopic (exact) mass is 421 g/mol. The molecule has 6 nitrogen and oxygen atoms in total. The molecule has 0 bridgehead atoms. The van der Waals surface area contributed by atoms with Crippen LogP contribution in [-0.4, -0.2) is 36.6 Å². The van der Waals surface area contributed by atoms with Gasteiger partial charge in [0.2, 0.25) is 0 Å². The Balaban J connectivity index is 3.32. The number of ether oxygens (including phenoxy) is 2. The summed E-state index contributed by atoms with van der Waals surface area (Å²) in [5.74, 6) is -3.16. The molecule has 0 radical (unpaired) electrons. The second-order valence-electron chi connectivity index (χ2n) is 5.45. The maximum Gasteiger partial charge on any atom is 0.341 e. The van der Waals surface area contributed by atoms with Crippen molar-refractivity contribution in [1.82, 2.24) is 0 Å². The zero-order valence-corrected chi connectivity index (χ0v) is 16.9. The van der Waals surface area contributed by atoms with Crippen LogP contribution in [0.5, 0.6) is 0 Å². The molecule has 0 aliphatic heterocycles. The van der Waals surface area contributed by atoms with Crippen LogP contribution in [0.15, 0.2) is 11.1 Å². The summed E-state index contributed by atoms with van der Waals surface area (Å²) in [6, 6.07) is 1.32. The molecule has 1 rings (SSSR count). The Kier molecular flexibility index (Phi) is 8.53. The second kappa shape index (κ2) is 9.90. The van der Waals surface area contributed by atoms with Crippen LogP contribution in [0, 0.1) is 5.92 Å². The molecular formula is C17H18Cl3NO5. The summed E-state index contributed by atoms with van der Waals surface area (Å²) in [6.07, 6.45) is 0.690. The number of ketones is 1. The molecule has 9 heteroatoms. The highest BCUT2D eigenvalue weighted by atomic mass is 35.5. The van der Waals surface area contributed by atoms with Crippen molar-refractivity contribution in [1.29, 1.82) is 0 Å². The van der Waals surface area contributed by atoms with Gasteiger partial charge in [0.1, 0.15) is 11.3 Å². The number of halogens is 3. The average Bonchev–Trinajstić information content (AvgIpc) is 2.51. The fraction of sp³-hybridized carbons (Fsp3) is 0.412. The molecule has 1 aromatic carbocycles. The van der Waals surface area contributed by atoms with Gasteiger partial charge in [0.25, 0.3) is 0 Å². The molecule has 1 atom stereocenters. The van der Waals surface area contributed by atoms with Gasteiger partial charge in [-0.25, -0.2) is 4.79 Å². The first-order valence-corrected chi connectivity index (χ1v) is 8.83. The Hall–Kier alpha value is -1.63. The molecule has 0 aliphatic rings. The molecule has 0 heterocycles. The third kappa shape index (κ3) is 5.69. The highest BCUT2D eigenvalue weighted by molar-refractivity contribution is 6.47. The summed E-state index contributed by atoms with van der Waals surface area (Å²) < 4.78 is 9.92. The molecule has 1 aromatic rings. The Bertz CT molecular complexity index is 746. The van der Waals surface area contributed by atoms with E-state index in [4.69, 9.17) is 44.3 Å². The highest BCUT2D eigenvalue weighted by Crippen LogP contribution is 2.39. The summed E-state index contributed by atoms with van der Waals surface area (Å²) >= 11 is 18.3. The number of carbonyl (C=O) groups is 3. The van der Waals surface area contributed by atoms with Gasteiger partial charge in [0, 0.05) is 6.21 Å². The van der Waals surface area contributed by atoms with Gasteiger partial charge in [-0.1, -0.05) is 34.8 Å². The van der Waals surface area contributed by atoms with E-state index in [9.17, 15) is 14.4 Å². The van der Waals surface area contributed by atoms with E-state index in [2.05, 4.69) is 4.99 Å². The highest BCUT2D eigenvalue weighted by Gasteiger charge is 2.25. The normalized spacial score (nSPS) is 12.3. The van der Waals surface area contributed by atoms with E-state index in [0.717, 1.165) is 6.21 Å². The van der Waals surface area contributed by atoms with Crippen molar-refractivity contribution in [3.8, 4) is 0 Å². The van der Waals surface area contributed by atoms with E-state index < -0.39 is 29.7 Å². The molecule has 0 spiro atoms. The molecule has 0 N–H and O–H groups in total. The van der Waals surface area contributed by atoms with Crippen molar-refractivity contribution >= 4 is 64.4 Å². The number of rotatable bonds is 7. The summed E-state index contributed by atoms with van der Waals surface area (Å²) in [5, 5.41) is -0.156. The van der Waals surface area contributed by atoms with Crippen molar-refractivity contribution in [2.75, 3.05) is 6.61 Å². The first-order chi connectivity index (χ1) is 12.1. The second-order valence-corrected chi connectivity index (χ2v) is 6.62. The van der Waals surface area contributed by atoms with Crippen LogP contribution < -0.4 is 0 Å². The van der Waals surface area contributed by atoms with Crippen molar-refractivity contribution in [3.05, 3.63) is 26.7 Å².